The van der Waals surface area contributed by atoms with Crippen LogP contribution in [0.2, 0.25) is 0 Å². The third kappa shape index (κ3) is 3.39. The number of hydrogen-bond acceptors (Lipinski definition) is 6. The standard InChI is InChI=1S/C18H16N4O4/c1-25-14-7-6-12(11-15(14)26-2)22-10-9-20-16(18(22)24)21-17(23)13-5-3-4-8-19-13/h3-11H,1-2H3,(H,20,21,23). The number of ether oxygens (including phenoxy) is 2. The highest BCUT2D eigenvalue weighted by molar-refractivity contribution is 6.02. The smallest absolute Gasteiger partial charge is 0.298 e. The fraction of sp³-hybridized carbons (Fsp3) is 0.111. The maximum Gasteiger partial charge on any atom is 0.298 e. The highest BCUT2D eigenvalue weighted by Gasteiger charge is 2.13. The molecule has 26 heavy (non-hydrogen) atoms. The first-order chi connectivity index (χ1) is 12.6. The van der Waals surface area contributed by atoms with Gasteiger partial charge >= 0.3 is 0 Å². The van der Waals surface area contributed by atoms with Gasteiger partial charge in [0.1, 0.15) is 5.69 Å². The van der Waals surface area contributed by atoms with Gasteiger partial charge < -0.3 is 14.8 Å². The largest absolute Gasteiger partial charge is 0.493 e. The van der Waals surface area contributed by atoms with Gasteiger partial charge in [-0.05, 0) is 24.3 Å². The van der Waals surface area contributed by atoms with E-state index in [4.69, 9.17) is 9.47 Å². The third-order valence-electron chi connectivity index (χ3n) is 3.62. The zero-order valence-corrected chi connectivity index (χ0v) is 14.2. The van der Waals surface area contributed by atoms with Crippen molar-refractivity contribution >= 4 is 11.7 Å². The van der Waals surface area contributed by atoms with Crippen LogP contribution in [0.15, 0.2) is 59.8 Å². The summed E-state index contributed by atoms with van der Waals surface area (Å²) in [6.45, 7) is 0. The van der Waals surface area contributed by atoms with Crippen LogP contribution in [-0.2, 0) is 0 Å². The Hall–Kier alpha value is -3.68. The molecule has 0 aliphatic heterocycles. The summed E-state index contributed by atoms with van der Waals surface area (Å²) in [4.78, 5) is 32.8. The summed E-state index contributed by atoms with van der Waals surface area (Å²) in [5.41, 5.74) is 0.252. The molecule has 0 aliphatic rings. The number of benzene rings is 1. The average Bonchev–Trinajstić information content (AvgIpc) is 2.69. The van der Waals surface area contributed by atoms with Gasteiger partial charge in [-0.2, -0.15) is 0 Å². The monoisotopic (exact) mass is 352 g/mol. The minimum Gasteiger partial charge on any atom is -0.493 e. The van der Waals surface area contributed by atoms with Crippen LogP contribution in [0.4, 0.5) is 5.82 Å². The molecule has 1 N–H and O–H groups in total. The van der Waals surface area contributed by atoms with Crippen LogP contribution >= 0.6 is 0 Å². The summed E-state index contributed by atoms with van der Waals surface area (Å²) in [5, 5.41) is 2.49. The van der Waals surface area contributed by atoms with Gasteiger partial charge in [0.2, 0.25) is 0 Å². The van der Waals surface area contributed by atoms with Crippen molar-refractivity contribution in [3.8, 4) is 17.2 Å². The lowest BCUT2D eigenvalue weighted by molar-refractivity contribution is 0.102. The number of nitrogens with one attached hydrogen (secondary N) is 1. The van der Waals surface area contributed by atoms with Crippen LogP contribution in [0.3, 0.4) is 0 Å². The van der Waals surface area contributed by atoms with Gasteiger partial charge in [-0.3, -0.25) is 19.1 Å². The quantitative estimate of drug-likeness (QED) is 0.753. The van der Waals surface area contributed by atoms with E-state index in [0.29, 0.717) is 17.2 Å². The van der Waals surface area contributed by atoms with E-state index in [1.807, 2.05) is 0 Å². The first-order valence-corrected chi connectivity index (χ1v) is 7.66. The summed E-state index contributed by atoms with van der Waals surface area (Å²) < 4.78 is 11.8. The minimum absolute atomic E-state index is 0.0991. The molecule has 3 rings (SSSR count). The Kier molecular flexibility index (Phi) is 4.93. The predicted molar refractivity (Wildman–Crippen MR) is 95.1 cm³/mol. The maximum absolute atomic E-state index is 12.7. The van der Waals surface area contributed by atoms with E-state index < -0.39 is 11.5 Å². The van der Waals surface area contributed by atoms with E-state index in [9.17, 15) is 9.59 Å². The van der Waals surface area contributed by atoms with Crippen molar-refractivity contribution in [1.29, 1.82) is 0 Å². The molecule has 0 unspecified atom stereocenters. The lowest BCUT2D eigenvalue weighted by Crippen LogP contribution is -2.26. The summed E-state index contributed by atoms with van der Waals surface area (Å²) in [6.07, 6.45) is 4.42. The third-order valence-corrected chi connectivity index (χ3v) is 3.62. The van der Waals surface area contributed by atoms with Crippen molar-refractivity contribution in [2.24, 2.45) is 0 Å². The molecule has 2 heterocycles. The Morgan fingerprint density at radius 2 is 1.85 bits per heavy atom. The van der Waals surface area contributed by atoms with Gasteiger partial charge in [0.15, 0.2) is 17.3 Å². The van der Waals surface area contributed by atoms with Crippen LogP contribution in [0.1, 0.15) is 10.5 Å². The van der Waals surface area contributed by atoms with E-state index in [1.165, 1.54) is 37.4 Å². The number of anilines is 1. The molecule has 0 saturated heterocycles. The van der Waals surface area contributed by atoms with E-state index in [2.05, 4.69) is 15.3 Å². The van der Waals surface area contributed by atoms with Crippen LogP contribution in [-0.4, -0.2) is 34.7 Å². The molecule has 0 atom stereocenters. The van der Waals surface area contributed by atoms with Crippen LogP contribution < -0.4 is 20.3 Å². The first-order valence-electron chi connectivity index (χ1n) is 7.66. The number of aromatic nitrogens is 3. The van der Waals surface area contributed by atoms with E-state index >= 15 is 0 Å². The lowest BCUT2D eigenvalue weighted by Gasteiger charge is -2.12. The molecule has 0 saturated carbocycles. The van der Waals surface area contributed by atoms with Gasteiger partial charge in [-0.1, -0.05) is 6.07 Å². The first kappa shape index (κ1) is 17.2. The Morgan fingerprint density at radius 3 is 2.54 bits per heavy atom. The molecule has 0 bridgehead atoms. The van der Waals surface area contributed by atoms with Crippen LogP contribution in [0.25, 0.3) is 5.69 Å². The van der Waals surface area contributed by atoms with Crippen molar-refractivity contribution in [3.05, 3.63) is 71.0 Å². The van der Waals surface area contributed by atoms with Gasteiger partial charge in [0.05, 0.1) is 19.9 Å². The minimum atomic E-state index is -0.514. The molecule has 0 radical (unpaired) electrons. The number of carbonyl (C=O) groups excluding carboxylic acids is 1. The molecule has 8 heteroatoms. The molecule has 8 nitrogen and oxygen atoms in total. The van der Waals surface area contributed by atoms with Crippen LogP contribution in [0.5, 0.6) is 11.5 Å². The number of nitrogens with zero attached hydrogens (tertiary/aromatic N) is 3. The molecular weight excluding hydrogens is 336 g/mol. The second-order valence-corrected chi connectivity index (χ2v) is 5.16. The number of carbonyl (C=O) groups is 1. The summed E-state index contributed by atoms with van der Waals surface area (Å²) >= 11 is 0. The Bertz CT molecular complexity index is 986. The average molecular weight is 352 g/mol. The highest BCUT2D eigenvalue weighted by Crippen LogP contribution is 2.28. The second-order valence-electron chi connectivity index (χ2n) is 5.16. The number of pyridine rings is 1. The Labute approximate surface area is 149 Å². The zero-order valence-electron chi connectivity index (χ0n) is 14.2. The van der Waals surface area contributed by atoms with Crippen molar-refractivity contribution < 1.29 is 14.3 Å². The topological polar surface area (TPSA) is 95.3 Å². The Balaban J connectivity index is 1.95. The Morgan fingerprint density at radius 1 is 1.04 bits per heavy atom. The lowest BCUT2D eigenvalue weighted by atomic mass is 10.2. The molecule has 0 fully saturated rings. The SMILES string of the molecule is COc1ccc(-n2ccnc(NC(=O)c3ccccn3)c2=O)cc1OC. The number of amides is 1. The van der Waals surface area contributed by atoms with Gasteiger partial charge in [-0.15, -0.1) is 0 Å². The molecule has 2 aromatic heterocycles. The van der Waals surface area contributed by atoms with Crippen molar-refractivity contribution in [1.82, 2.24) is 14.5 Å². The molecule has 3 aromatic rings. The van der Waals surface area contributed by atoms with E-state index in [0.717, 1.165) is 0 Å². The number of methoxy groups -OCH3 is 2. The molecular formula is C18H16N4O4. The van der Waals surface area contributed by atoms with Crippen LogP contribution in [0, 0.1) is 0 Å². The van der Waals surface area contributed by atoms with Crippen molar-refractivity contribution in [2.45, 2.75) is 0 Å². The molecule has 1 amide bonds. The zero-order chi connectivity index (χ0) is 18.5. The summed E-state index contributed by atoms with van der Waals surface area (Å²) in [7, 11) is 3.04. The van der Waals surface area contributed by atoms with Gasteiger partial charge in [0.25, 0.3) is 11.5 Å². The van der Waals surface area contributed by atoms with Gasteiger partial charge in [-0.25, -0.2) is 4.98 Å². The normalized spacial score (nSPS) is 10.2. The maximum atomic E-state index is 12.7. The molecule has 1 aromatic carbocycles. The fourth-order valence-corrected chi connectivity index (χ4v) is 2.34. The molecule has 0 spiro atoms. The number of hydrogen-bond donors (Lipinski definition) is 1. The van der Waals surface area contributed by atoms with E-state index in [1.54, 1.807) is 36.4 Å². The fourth-order valence-electron chi connectivity index (χ4n) is 2.34. The predicted octanol–water partition coefficient (Wildman–Crippen LogP) is 1.90. The highest BCUT2D eigenvalue weighted by atomic mass is 16.5. The van der Waals surface area contributed by atoms with Gasteiger partial charge in [0, 0.05) is 24.7 Å². The van der Waals surface area contributed by atoms with Crippen molar-refractivity contribution in [2.75, 3.05) is 19.5 Å². The molecule has 0 aliphatic carbocycles. The van der Waals surface area contributed by atoms with Crippen molar-refractivity contribution in [3.63, 3.8) is 0 Å². The van der Waals surface area contributed by atoms with E-state index in [-0.39, 0.29) is 11.5 Å². The summed E-state index contributed by atoms with van der Waals surface area (Å²) in [6, 6.07) is 9.97. The molecule has 132 valence electrons. The second kappa shape index (κ2) is 7.47. The summed E-state index contributed by atoms with van der Waals surface area (Å²) in [5.74, 6) is 0.410. The number of rotatable bonds is 5.